The van der Waals surface area contributed by atoms with Gasteiger partial charge in [-0.3, -0.25) is 0 Å². The third-order valence-electron chi connectivity index (χ3n) is 3.50. The Bertz CT molecular complexity index is 521. The van der Waals surface area contributed by atoms with Crippen LogP contribution in [0.4, 0.5) is 5.82 Å². The summed E-state index contributed by atoms with van der Waals surface area (Å²) in [4.78, 5) is 22.5. The Morgan fingerprint density at radius 2 is 2.05 bits per heavy atom. The van der Waals surface area contributed by atoms with Crippen molar-refractivity contribution >= 4 is 23.4 Å². The van der Waals surface area contributed by atoms with E-state index < -0.39 is 5.97 Å². The standard InChI is InChI=1S/C14H21ClN4O3/c1-21-9-10-11(14(20)22-2)18-12(15)13(17-10)16-5-8-19-6-3-4-7-19/h3-9H2,1-2H3,(H,16,17). The van der Waals surface area contributed by atoms with Crippen LogP contribution in [-0.4, -0.2) is 61.2 Å². The second-order valence-corrected chi connectivity index (χ2v) is 5.42. The van der Waals surface area contributed by atoms with Crippen molar-refractivity contribution in [2.45, 2.75) is 19.4 Å². The molecule has 1 fully saturated rings. The Morgan fingerprint density at radius 1 is 1.32 bits per heavy atom. The number of hydrogen-bond donors (Lipinski definition) is 1. The molecule has 122 valence electrons. The van der Waals surface area contributed by atoms with Gasteiger partial charge in [0.05, 0.1) is 13.7 Å². The number of aromatic nitrogens is 2. The van der Waals surface area contributed by atoms with Gasteiger partial charge in [0.1, 0.15) is 5.69 Å². The first-order valence-corrected chi connectivity index (χ1v) is 7.63. The lowest BCUT2D eigenvalue weighted by atomic mass is 10.3. The van der Waals surface area contributed by atoms with E-state index in [0.717, 1.165) is 26.2 Å². The van der Waals surface area contributed by atoms with Gasteiger partial charge in [0.25, 0.3) is 0 Å². The van der Waals surface area contributed by atoms with Crippen LogP contribution in [0.1, 0.15) is 29.0 Å². The van der Waals surface area contributed by atoms with Crippen molar-refractivity contribution in [3.8, 4) is 0 Å². The van der Waals surface area contributed by atoms with E-state index in [1.807, 2.05) is 0 Å². The highest BCUT2D eigenvalue weighted by molar-refractivity contribution is 6.31. The molecule has 1 aliphatic rings. The molecule has 0 amide bonds. The molecule has 0 unspecified atom stereocenters. The summed E-state index contributed by atoms with van der Waals surface area (Å²) < 4.78 is 9.74. The van der Waals surface area contributed by atoms with Gasteiger partial charge in [-0.05, 0) is 25.9 Å². The lowest BCUT2D eigenvalue weighted by Gasteiger charge is -2.16. The number of likely N-dealkylation sites (tertiary alicyclic amines) is 1. The molecule has 0 atom stereocenters. The lowest BCUT2D eigenvalue weighted by molar-refractivity contribution is 0.0587. The number of carbonyl (C=O) groups is 1. The predicted octanol–water partition coefficient (Wildman–Crippen LogP) is 1.57. The van der Waals surface area contributed by atoms with Crippen molar-refractivity contribution in [3.05, 3.63) is 16.5 Å². The van der Waals surface area contributed by atoms with Gasteiger partial charge in [-0.15, -0.1) is 0 Å². The molecule has 0 spiro atoms. The molecule has 8 heteroatoms. The molecule has 0 radical (unpaired) electrons. The first-order valence-electron chi connectivity index (χ1n) is 7.25. The maximum atomic E-state index is 11.7. The van der Waals surface area contributed by atoms with Crippen LogP contribution in [0.3, 0.4) is 0 Å². The highest BCUT2D eigenvalue weighted by Crippen LogP contribution is 2.20. The van der Waals surface area contributed by atoms with Crippen LogP contribution in [0, 0.1) is 0 Å². The third-order valence-corrected chi connectivity index (χ3v) is 3.77. The van der Waals surface area contributed by atoms with E-state index in [1.54, 1.807) is 0 Å². The molecule has 1 aromatic heterocycles. The van der Waals surface area contributed by atoms with E-state index in [2.05, 4.69) is 24.9 Å². The van der Waals surface area contributed by atoms with Crippen LogP contribution in [0.2, 0.25) is 5.15 Å². The van der Waals surface area contributed by atoms with Crippen molar-refractivity contribution in [3.63, 3.8) is 0 Å². The van der Waals surface area contributed by atoms with Crippen molar-refractivity contribution in [2.24, 2.45) is 0 Å². The fraction of sp³-hybridized carbons (Fsp3) is 0.643. The molecule has 2 rings (SSSR count). The van der Waals surface area contributed by atoms with Gasteiger partial charge in [0, 0.05) is 20.2 Å². The normalized spacial score (nSPS) is 15.0. The van der Waals surface area contributed by atoms with E-state index in [1.165, 1.54) is 27.1 Å². The molecular weight excluding hydrogens is 308 g/mol. The highest BCUT2D eigenvalue weighted by Gasteiger charge is 2.19. The molecular formula is C14H21ClN4O3. The summed E-state index contributed by atoms with van der Waals surface area (Å²) in [5.74, 6) is -0.120. The SMILES string of the molecule is COCc1nc(NCCN2CCCC2)c(Cl)nc1C(=O)OC. The number of nitrogens with one attached hydrogen (secondary N) is 1. The van der Waals surface area contributed by atoms with Crippen molar-refractivity contribution in [1.29, 1.82) is 0 Å². The van der Waals surface area contributed by atoms with Gasteiger partial charge in [-0.1, -0.05) is 11.6 Å². The summed E-state index contributed by atoms with van der Waals surface area (Å²) in [5, 5.41) is 3.32. The average molecular weight is 329 g/mol. The number of carbonyl (C=O) groups excluding carboxylic acids is 1. The molecule has 0 saturated carbocycles. The van der Waals surface area contributed by atoms with Crippen LogP contribution in [-0.2, 0) is 16.1 Å². The third kappa shape index (κ3) is 4.28. The zero-order valence-electron chi connectivity index (χ0n) is 12.9. The first-order chi connectivity index (χ1) is 10.7. The van der Waals surface area contributed by atoms with E-state index in [0.29, 0.717) is 11.5 Å². The number of hydrogen-bond acceptors (Lipinski definition) is 7. The number of methoxy groups -OCH3 is 2. The molecule has 1 N–H and O–H groups in total. The number of ether oxygens (including phenoxy) is 2. The van der Waals surface area contributed by atoms with Gasteiger partial charge in [0.15, 0.2) is 16.7 Å². The van der Waals surface area contributed by atoms with E-state index in [9.17, 15) is 4.79 Å². The highest BCUT2D eigenvalue weighted by atomic mass is 35.5. The summed E-state index contributed by atoms with van der Waals surface area (Å²) in [5.41, 5.74) is 0.488. The molecule has 7 nitrogen and oxygen atoms in total. The number of anilines is 1. The van der Waals surface area contributed by atoms with Crippen molar-refractivity contribution in [1.82, 2.24) is 14.9 Å². The van der Waals surface area contributed by atoms with Crippen LogP contribution < -0.4 is 5.32 Å². The summed E-state index contributed by atoms with van der Waals surface area (Å²) >= 11 is 6.10. The Balaban J connectivity index is 2.06. The van der Waals surface area contributed by atoms with Crippen LogP contribution >= 0.6 is 11.6 Å². The maximum Gasteiger partial charge on any atom is 0.358 e. The quantitative estimate of drug-likeness (QED) is 0.761. The molecule has 22 heavy (non-hydrogen) atoms. The molecule has 0 aliphatic carbocycles. The average Bonchev–Trinajstić information content (AvgIpc) is 3.02. The smallest absolute Gasteiger partial charge is 0.358 e. The second kappa shape index (κ2) is 8.26. The Morgan fingerprint density at radius 3 is 2.68 bits per heavy atom. The zero-order valence-corrected chi connectivity index (χ0v) is 13.7. The molecule has 1 saturated heterocycles. The number of halogens is 1. The van der Waals surface area contributed by atoms with Gasteiger partial charge in [-0.25, -0.2) is 14.8 Å². The van der Waals surface area contributed by atoms with E-state index in [4.69, 9.17) is 16.3 Å². The fourth-order valence-electron chi connectivity index (χ4n) is 2.40. The minimum absolute atomic E-state index is 0.0828. The molecule has 0 aromatic carbocycles. The van der Waals surface area contributed by atoms with E-state index >= 15 is 0 Å². The molecule has 0 bridgehead atoms. The second-order valence-electron chi connectivity index (χ2n) is 5.06. The number of rotatable bonds is 7. The zero-order chi connectivity index (χ0) is 15.9. The molecule has 1 aliphatic heterocycles. The van der Waals surface area contributed by atoms with Gasteiger partial charge < -0.3 is 19.7 Å². The Hall–Kier alpha value is -1.44. The minimum Gasteiger partial charge on any atom is -0.464 e. The van der Waals surface area contributed by atoms with Crippen LogP contribution in [0.25, 0.3) is 0 Å². The summed E-state index contributed by atoms with van der Waals surface area (Å²) in [6, 6.07) is 0. The van der Waals surface area contributed by atoms with Crippen molar-refractivity contribution in [2.75, 3.05) is 45.7 Å². The summed E-state index contributed by atoms with van der Waals surface area (Å²) in [6.07, 6.45) is 2.51. The topological polar surface area (TPSA) is 76.6 Å². The largest absolute Gasteiger partial charge is 0.464 e. The lowest BCUT2D eigenvalue weighted by Crippen LogP contribution is -2.26. The number of esters is 1. The number of nitrogens with zero attached hydrogens (tertiary/aromatic N) is 3. The monoisotopic (exact) mass is 328 g/mol. The fourth-order valence-corrected chi connectivity index (χ4v) is 2.59. The predicted molar refractivity (Wildman–Crippen MR) is 83.3 cm³/mol. The van der Waals surface area contributed by atoms with E-state index in [-0.39, 0.29) is 17.5 Å². The maximum absolute atomic E-state index is 11.7. The van der Waals surface area contributed by atoms with Gasteiger partial charge in [0.2, 0.25) is 0 Å². The van der Waals surface area contributed by atoms with Gasteiger partial charge >= 0.3 is 5.97 Å². The minimum atomic E-state index is -0.579. The first kappa shape index (κ1) is 16.9. The van der Waals surface area contributed by atoms with Crippen LogP contribution in [0.5, 0.6) is 0 Å². The van der Waals surface area contributed by atoms with Crippen molar-refractivity contribution < 1.29 is 14.3 Å². The van der Waals surface area contributed by atoms with Crippen LogP contribution in [0.15, 0.2) is 0 Å². The summed E-state index contributed by atoms with van der Waals surface area (Å²) in [6.45, 7) is 4.08. The summed E-state index contributed by atoms with van der Waals surface area (Å²) in [7, 11) is 2.81. The Kier molecular flexibility index (Phi) is 6.35. The van der Waals surface area contributed by atoms with Gasteiger partial charge in [-0.2, -0.15) is 0 Å². The Labute approximate surface area is 135 Å². The molecule has 2 heterocycles. The molecule has 1 aromatic rings.